The van der Waals surface area contributed by atoms with E-state index in [2.05, 4.69) is 15.5 Å². The molecule has 3 aromatic rings. The number of nitrogens with one attached hydrogen (secondary N) is 1. The fourth-order valence-electron chi connectivity index (χ4n) is 2.51. The third kappa shape index (κ3) is 4.32. The van der Waals surface area contributed by atoms with Crippen molar-refractivity contribution in [2.24, 2.45) is 7.05 Å². The van der Waals surface area contributed by atoms with Gasteiger partial charge in [0, 0.05) is 35.5 Å². The van der Waals surface area contributed by atoms with E-state index < -0.39 is 4.92 Å². The Morgan fingerprint density at radius 1 is 1.29 bits per heavy atom. The number of nitro benzene ring substituents is 1. The number of nitrogens with zero attached hydrogens (tertiary/aromatic N) is 4. The minimum Gasteiger partial charge on any atom is -0.325 e. The van der Waals surface area contributed by atoms with Crippen molar-refractivity contribution in [3.8, 4) is 11.4 Å². The van der Waals surface area contributed by atoms with E-state index in [0.29, 0.717) is 27.3 Å². The van der Waals surface area contributed by atoms with Crippen LogP contribution in [0.2, 0.25) is 5.02 Å². The smallest absolute Gasteiger partial charge is 0.270 e. The van der Waals surface area contributed by atoms with E-state index in [1.54, 1.807) is 41.9 Å². The normalized spacial score (nSPS) is 10.7. The zero-order valence-corrected chi connectivity index (χ0v) is 16.6. The average Bonchev–Trinajstić information content (AvgIpc) is 3.04. The minimum absolute atomic E-state index is 0.0222. The van der Waals surface area contributed by atoms with Crippen LogP contribution in [-0.2, 0) is 11.8 Å². The van der Waals surface area contributed by atoms with Gasteiger partial charge in [0.25, 0.3) is 5.69 Å². The first-order valence-electron chi connectivity index (χ1n) is 8.19. The number of thioether (sulfide) groups is 1. The number of carbonyl (C=O) groups is 1. The Morgan fingerprint density at radius 2 is 2.04 bits per heavy atom. The van der Waals surface area contributed by atoms with Crippen LogP contribution in [0.3, 0.4) is 0 Å². The van der Waals surface area contributed by atoms with Crippen molar-refractivity contribution >= 4 is 40.6 Å². The number of aromatic nitrogens is 3. The summed E-state index contributed by atoms with van der Waals surface area (Å²) in [6.07, 6.45) is 0. The van der Waals surface area contributed by atoms with Crippen molar-refractivity contribution in [2.75, 3.05) is 11.1 Å². The molecule has 3 rings (SSSR count). The quantitative estimate of drug-likeness (QED) is 0.368. The maximum atomic E-state index is 12.2. The summed E-state index contributed by atoms with van der Waals surface area (Å²) in [5, 5.41) is 23.1. The summed E-state index contributed by atoms with van der Waals surface area (Å²) in [6, 6.07) is 11.5. The Labute approximate surface area is 170 Å². The molecule has 1 heterocycles. The summed E-state index contributed by atoms with van der Waals surface area (Å²) in [5.41, 5.74) is 2.02. The predicted octanol–water partition coefficient (Wildman–Crippen LogP) is 4.08. The monoisotopic (exact) mass is 417 g/mol. The number of hydrogen-bond donors (Lipinski definition) is 1. The van der Waals surface area contributed by atoms with E-state index in [-0.39, 0.29) is 17.3 Å². The molecule has 0 fully saturated rings. The van der Waals surface area contributed by atoms with E-state index in [0.717, 1.165) is 5.56 Å². The Kier molecular flexibility index (Phi) is 5.96. The first kappa shape index (κ1) is 19.8. The van der Waals surface area contributed by atoms with Gasteiger partial charge >= 0.3 is 0 Å². The number of hydrogen-bond acceptors (Lipinski definition) is 6. The van der Waals surface area contributed by atoms with Gasteiger partial charge in [0.2, 0.25) is 5.91 Å². The van der Waals surface area contributed by atoms with Gasteiger partial charge in [-0.15, -0.1) is 10.2 Å². The number of carbonyl (C=O) groups excluding carboxylic acids is 1. The van der Waals surface area contributed by atoms with Crippen molar-refractivity contribution in [1.82, 2.24) is 14.8 Å². The lowest BCUT2D eigenvalue weighted by Gasteiger charge is -2.09. The van der Waals surface area contributed by atoms with Crippen LogP contribution >= 0.6 is 23.4 Å². The van der Waals surface area contributed by atoms with Crippen molar-refractivity contribution < 1.29 is 9.72 Å². The first-order valence-corrected chi connectivity index (χ1v) is 9.55. The second-order valence-electron chi connectivity index (χ2n) is 5.92. The molecule has 10 heteroatoms. The third-order valence-corrected chi connectivity index (χ3v) is 5.45. The summed E-state index contributed by atoms with van der Waals surface area (Å²) in [6.45, 7) is 1.83. The topological polar surface area (TPSA) is 103 Å². The summed E-state index contributed by atoms with van der Waals surface area (Å²) < 4.78 is 1.70. The van der Waals surface area contributed by atoms with Crippen LogP contribution in [0.1, 0.15) is 5.56 Å². The lowest BCUT2D eigenvalue weighted by atomic mass is 10.2. The molecule has 0 saturated heterocycles. The second kappa shape index (κ2) is 8.41. The van der Waals surface area contributed by atoms with Crippen LogP contribution < -0.4 is 5.32 Å². The third-order valence-electron chi connectivity index (χ3n) is 4.02. The Balaban J connectivity index is 1.69. The van der Waals surface area contributed by atoms with E-state index in [9.17, 15) is 14.9 Å². The number of benzene rings is 2. The van der Waals surface area contributed by atoms with Crippen molar-refractivity contribution in [2.45, 2.75) is 12.1 Å². The molecule has 0 saturated carbocycles. The Hall–Kier alpha value is -2.91. The highest BCUT2D eigenvalue weighted by Gasteiger charge is 2.16. The highest BCUT2D eigenvalue weighted by Crippen LogP contribution is 2.26. The van der Waals surface area contributed by atoms with E-state index in [1.807, 2.05) is 6.92 Å². The number of rotatable bonds is 6. The Morgan fingerprint density at radius 3 is 2.79 bits per heavy atom. The molecule has 1 N–H and O–H groups in total. The zero-order chi connectivity index (χ0) is 20.3. The molecule has 2 aromatic carbocycles. The highest BCUT2D eigenvalue weighted by atomic mass is 35.5. The molecular formula is C18H16ClN5O3S. The molecule has 0 aliphatic heterocycles. The van der Waals surface area contributed by atoms with Crippen molar-refractivity contribution in [3.05, 3.63) is 63.2 Å². The molecule has 1 aromatic heterocycles. The maximum absolute atomic E-state index is 12.2. The lowest BCUT2D eigenvalue weighted by Crippen LogP contribution is -2.15. The van der Waals surface area contributed by atoms with Gasteiger partial charge in [-0.25, -0.2) is 0 Å². The summed E-state index contributed by atoms with van der Waals surface area (Å²) >= 11 is 7.28. The fraction of sp³-hybridized carbons (Fsp3) is 0.167. The molecular weight excluding hydrogens is 402 g/mol. The molecule has 0 aliphatic carbocycles. The number of anilines is 1. The average molecular weight is 418 g/mol. The largest absolute Gasteiger partial charge is 0.325 e. The minimum atomic E-state index is -0.461. The van der Waals surface area contributed by atoms with Gasteiger partial charge in [-0.1, -0.05) is 41.6 Å². The fourth-order valence-corrected chi connectivity index (χ4v) is 3.40. The highest BCUT2D eigenvalue weighted by molar-refractivity contribution is 7.99. The van der Waals surface area contributed by atoms with Crippen LogP contribution in [0.25, 0.3) is 11.4 Å². The van der Waals surface area contributed by atoms with Gasteiger partial charge < -0.3 is 9.88 Å². The molecule has 8 nitrogen and oxygen atoms in total. The van der Waals surface area contributed by atoms with Gasteiger partial charge in [0.15, 0.2) is 11.0 Å². The van der Waals surface area contributed by atoms with E-state index in [1.165, 1.54) is 23.9 Å². The SMILES string of the molecule is Cc1c(Cl)cccc1NC(=O)CSc1nnc(-c2cccc([N+](=O)[O-])c2)n1C. The molecule has 0 unspecified atom stereocenters. The molecule has 0 radical (unpaired) electrons. The van der Waals surface area contributed by atoms with Crippen molar-refractivity contribution in [1.29, 1.82) is 0 Å². The standard InChI is InChI=1S/C18H16ClN5O3S/c1-11-14(19)7-4-8-15(11)20-16(25)10-28-18-22-21-17(23(18)2)12-5-3-6-13(9-12)24(26)27/h3-9H,10H2,1-2H3,(H,20,25). The second-order valence-corrected chi connectivity index (χ2v) is 7.27. The van der Waals surface area contributed by atoms with Crippen LogP contribution in [0.4, 0.5) is 11.4 Å². The number of amides is 1. The lowest BCUT2D eigenvalue weighted by molar-refractivity contribution is -0.384. The summed E-state index contributed by atoms with van der Waals surface area (Å²) in [5.74, 6) is 0.417. The number of halogens is 1. The van der Waals surface area contributed by atoms with Crippen LogP contribution in [0.15, 0.2) is 47.6 Å². The van der Waals surface area contributed by atoms with Gasteiger partial charge in [-0.2, -0.15) is 0 Å². The molecule has 144 valence electrons. The first-order chi connectivity index (χ1) is 13.4. The zero-order valence-electron chi connectivity index (χ0n) is 15.0. The molecule has 0 atom stereocenters. The number of nitro groups is 1. The molecule has 1 amide bonds. The van der Waals surface area contributed by atoms with Gasteiger partial charge in [0.05, 0.1) is 10.7 Å². The molecule has 0 spiro atoms. The van der Waals surface area contributed by atoms with Gasteiger partial charge in [-0.05, 0) is 24.6 Å². The molecule has 0 bridgehead atoms. The van der Waals surface area contributed by atoms with E-state index in [4.69, 9.17) is 11.6 Å². The molecule has 28 heavy (non-hydrogen) atoms. The van der Waals surface area contributed by atoms with Crippen LogP contribution in [-0.4, -0.2) is 31.3 Å². The van der Waals surface area contributed by atoms with Gasteiger partial charge in [0.1, 0.15) is 0 Å². The summed E-state index contributed by atoms with van der Waals surface area (Å²) in [4.78, 5) is 22.7. The number of non-ortho nitro benzene ring substituents is 1. The predicted molar refractivity (Wildman–Crippen MR) is 109 cm³/mol. The van der Waals surface area contributed by atoms with Gasteiger partial charge in [-0.3, -0.25) is 14.9 Å². The van der Waals surface area contributed by atoms with Crippen molar-refractivity contribution in [3.63, 3.8) is 0 Å². The van der Waals surface area contributed by atoms with Crippen LogP contribution in [0.5, 0.6) is 0 Å². The van der Waals surface area contributed by atoms with Crippen LogP contribution in [0, 0.1) is 17.0 Å². The Bertz CT molecular complexity index is 1050. The summed E-state index contributed by atoms with van der Waals surface area (Å²) in [7, 11) is 1.75. The molecule has 0 aliphatic rings. The maximum Gasteiger partial charge on any atom is 0.270 e. The van der Waals surface area contributed by atoms with E-state index >= 15 is 0 Å².